The summed E-state index contributed by atoms with van der Waals surface area (Å²) in [5, 5.41) is 0. The van der Waals surface area contributed by atoms with Crippen LogP contribution in [0, 0.1) is 0 Å². The van der Waals surface area contributed by atoms with Gasteiger partial charge in [0.25, 0.3) is 0 Å². The SMILES string of the molecule is BN1CCCC[C@H]1C. The minimum Gasteiger partial charge on any atom is -0.346 e. The van der Waals surface area contributed by atoms with Crippen molar-refractivity contribution in [1.29, 1.82) is 0 Å². The largest absolute Gasteiger partial charge is 0.346 e. The minimum absolute atomic E-state index is 0.837. The number of nitrogens with zero attached hydrogens (tertiary/aromatic N) is 1. The first-order valence-corrected chi connectivity index (χ1v) is 3.51. The van der Waals surface area contributed by atoms with Crippen molar-refractivity contribution in [1.82, 2.24) is 4.81 Å². The second kappa shape index (κ2) is 2.54. The number of hydrogen-bond acceptors (Lipinski definition) is 1. The predicted molar refractivity (Wildman–Crippen MR) is 38.6 cm³/mol. The number of hydrogen-bond donors (Lipinski definition) is 0. The van der Waals surface area contributed by atoms with Gasteiger partial charge in [-0.15, -0.1) is 0 Å². The van der Waals surface area contributed by atoms with E-state index < -0.39 is 0 Å². The van der Waals surface area contributed by atoms with Gasteiger partial charge < -0.3 is 4.81 Å². The second-order valence-corrected chi connectivity index (χ2v) is 2.83. The van der Waals surface area contributed by atoms with Crippen molar-refractivity contribution in [2.24, 2.45) is 0 Å². The summed E-state index contributed by atoms with van der Waals surface area (Å²) in [5.74, 6) is 0. The van der Waals surface area contributed by atoms with Crippen molar-refractivity contribution in [3.8, 4) is 0 Å². The van der Waals surface area contributed by atoms with Gasteiger partial charge in [-0.25, -0.2) is 0 Å². The van der Waals surface area contributed by atoms with Crippen LogP contribution in [0.25, 0.3) is 0 Å². The summed E-state index contributed by atoms with van der Waals surface area (Å²) in [6.45, 7) is 3.61. The standard InChI is InChI=1S/C6H14BN/c1-6-4-2-3-5-8(6)7/h6H,2-5,7H2,1H3/t6-/m1/s1. The average Bonchev–Trinajstić information content (AvgIpc) is 1.77. The van der Waals surface area contributed by atoms with Crippen LogP contribution in [0.15, 0.2) is 0 Å². The lowest BCUT2D eigenvalue weighted by molar-refractivity contribution is 0.280. The number of rotatable bonds is 0. The molecular weight excluding hydrogens is 96.9 g/mol. The molecular formula is C6H14BN. The maximum absolute atomic E-state index is 2.43. The van der Waals surface area contributed by atoms with Gasteiger partial charge in [0.1, 0.15) is 0 Å². The molecule has 0 spiro atoms. The van der Waals surface area contributed by atoms with E-state index in [2.05, 4.69) is 19.7 Å². The summed E-state index contributed by atoms with van der Waals surface area (Å²) in [6.07, 6.45) is 4.24. The Morgan fingerprint density at radius 3 is 2.62 bits per heavy atom. The van der Waals surface area contributed by atoms with Gasteiger partial charge in [0.05, 0.1) is 0 Å². The summed E-state index contributed by atoms with van der Waals surface area (Å²) in [5.41, 5.74) is 0. The van der Waals surface area contributed by atoms with Crippen molar-refractivity contribution < 1.29 is 0 Å². The van der Waals surface area contributed by atoms with Crippen molar-refractivity contribution in [3.05, 3.63) is 0 Å². The van der Waals surface area contributed by atoms with Crippen molar-refractivity contribution in [2.75, 3.05) is 6.54 Å². The van der Waals surface area contributed by atoms with Crippen LogP contribution in [0.3, 0.4) is 0 Å². The van der Waals surface area contributed by atoms with Crippen molar-refractivity contribution in [3.63, 3.8) is 0 Å². The molecule has 1 heterocycles. The normalized spacial score (nSPS) is 32.9. The monoisotopic (exact) mass is 111 g/mol. The van der Waals surface area contributed by atoms with Crippen LogP contribution in [0.2, 0.25) is 0 Å². The van der Waals surface area contributed by atoms with Crippen LogP contribution < -0.4 is 0 Å². The maximum atomic E-state index is 2.43. The Bertz CT molecular complexity index is 64.9. The molecule has 46 valence electrons. The fourth-order valence-corrected chi connectivity index (χ4v) is 1.24. The highest BCUT2D eigenvalue weighted by atomic mass is 15.1. The molecule has 0 aliphatic carbocycles. The van der Waals surface area contributed by atoms with Gasteiger partial charge in [0.15, 0.2) is 7.98 Å². The molecule has 0 N–H and O–H groups in total. The highest BCUT2D eigenvalue weighted by molar-refractivity contribution is 6.04. The van der Waals surface area contributed by atoms with E-state index in [0.717, 1.165) is 6.04 Å². The zero-order valence-corrected chi connectivity index (χ0v) is 5.85. The van der Waals surface area contributed by atoms with E-state index in [1.54, 1.807) is 0 Å². The molecule has 0 unspecified atom stereocenters. The first kappa shape index (κ1) is 6.15. The van der Waals surface area contributed by atoms with Crippen molar-refractivity contribution >= 4 is 7.98 Å². The molecule has 1 aliphatic heterocycles. The maximum Gasteiger partial charge on any atom is 0.185 e. The molecule has 0 bridgehead atoms. The summed E-state index contributed by atoms with van der Waals surface area (Å²) >= 11 is 0. The quantitative estimate of drug-likeness (QED) is 0.409. The van der Waals surface area contributed by atoms with Crippen LogP contribution in [-0.4, -0.2) is 25.4 Å². The van der Waals surface area contributed by atoms with E-state index in [9.17, 15) is 0 Å². The Hall–Kier alpha value is 0.0249. The van der Waals surface area contributed by atoms with Gasteiger partial charge >= 0.3 is 0 Å². The molecule has 1 saturated heterocycles. The Kier molecular flexibility index (Phi) is 1.95. The van der Waals surface area contributed by atoms with Crippen LogP contribution in [-0.2, 0) is 0 Å². The van der Waals surface area contributed by atoms with E-state index >= 15 is 0 Å². The predicted octanol–water partition coefficient (Wildman–Crippen LogP) is 0.409. The lowest BCUT2D eigenvalue weighted by Crippen LogP contribution is -2.34. The lowest BCUT2D eigenvalue weighted by Gasteiger charge is -2.29. The molecule has 0 amide bonds. The fraction of sp³-hybridized carbons (Fsp3) is 1.00. The summed E-state index contributed by atoms with van der Waals surface area (Å²) in [6, 6.07) is 0.837. The lowest BCUT2D eigenvalue weighted by atomic mass is 10.0. The summed E-state index contributed by atoms with van der Waals surface area (Å²) in [7, 11) is 2.21. The molecule has 0 aromatic rings. The molecule has 2 heteroatoms. The van der Waals surface area contributed by atoms with E-state index in [1.807, 2.05) is 0 Å². The average molecular weight is 111 g/mol. The highest BCUT2D eigenvalue weighted by Gasteiger charge is 2.11. The Morgan fingerprint density at radius 1 is 1.50 bits per heavy atom. The molecule has 0 aromatic heterocycles. The van der Waals surface area contributed by atoms with E-state index in [1.165, 1.54) is 25.8 Å². The zero-order chi connectivity index (χ0) is 5.98. The smallest absolute Gasteiger partial charge is 0.185 e. The Balaban J connectivity index is 2.28. The molecule has 0 radical (unpaired) electrons. The van der Waals surface area contributed by atoms with Gasteiger partial charge in [0.2, 0.25) is 0 Å². The third kappa shape index (κ3) is 1.25. The van der Waals surface area contributed by atoms with Gasteiger partial charge in [0, 0.05) is 0 Å². The van der Waals surface area contributed by atoms with Crippen LogP contribution in [0.4, 0.5) is 0 Å². The second-order valence-electron chi connectivity index (χ2n) is 2.83. The van der Waals surface area contributed by atoms with Crippen LogP contribution in [0.1, 0.15) is 26.2 Å². The molecule has 0 aromatic carbocycles. The fourth-order valence-electron chi connectivity index (χ4n) is 1.24. The van der Waals surface area contributed by atoms with Crippen LogP contribution >= 0.6 is 0 Å². The number of piperidine rings is 1. The van der Waals surface area contributed by atoms with Gasteiger partial charge in [-0.1, -0.05) is 13.3 Å². The molecule has 1 rings (SSSR count). The van der Waals surface area contributed by atoms with Gasteiger partial charge in [-0.05, 0) is 25.4 Å². The molecule has 1 atom stereocenters. The molecule has 1 aliphatic rings. The molecule has 1 nitrogen and oxygen atoms in total. The first-order valence-electron chi connectivity index (χ1n) is 3.51. The summed E-state index contributed by atoms with van der Waals surface area (Å²) in [4.78, 5) is 2.43. The Morgan fingerprint density at radius 2 is 2.25 bits per heavy atom. The third-order valence-corrected chi connectivity index (χ3v) is 2.14. The van der Waals surface area contributed by atoms with Gasteiger partial charge in [-0.2, -0.15) is 0 Å². The third-order valence-electron chi connectivity index (χ3n) is 2.14. The van der Waals surface area contributed by atoms with Crippen LogP contribution in [0.5, 0.6) is 0 Å². The van der Waals surface area contributed by atoms with Crippen molar-refractivity contribution in [2.45, 2.75) is 32.2 Å². The first-order chi connectivity index (χ1) is 3.80. The molecule has 1 fully saturated rings. The summed E-state index contributed by atoms with van der Waals surface area (Å²) < 4.78 is 0. The topological polar surface area (TPSA) is 3.24 Å². The molecule has 0 saturated carbocycles. The van der Waals surface area contributed by atoms with Gasteiger partial charge in [-0.3, -0.25) is 0 Å². The van der Waals surface area contributed by atoms with E-state index in [4.69, 9.17) is 0 Å². The molecule has 8 heavy (non-hydrogen) atoms. The van der Waals surface area contributed by atoms with E-state index in [0.29, 0.717) is 0 Å². The van der Waals surface area contributed by atoms with E-state index in [-0.39, 0.29) is 0 Å². The minimum atomic E-state index is 0.837. The highest BCUT2D eigenvalue weighted by Crippen LogP contribution is 2.12. The zero-order valence-electron chi connectivity index (χ0n) is 5.85. The Labute approximate surface area is 52.5 Å².